The second-order valence-corrected chi connectivity index (χ2v) is 5.64. The van der Waals surface area contributed by atoms with Gasteiger partial charge in [-0.3, -0.25) is 4.99 Å². The van der Waals surface area contributed by atoms with Crippen LogP contribution in [0.2, 0.25) is 5.02 Å². The van der Waals surface area contributed by atoms with Gasteiger partial charge < -0.3 is 9.47 Å². The molecule has 24 heavy (non-hydrogen) atoms. The predicted molar refractivity (Wildman–Crippen MR) is 100 cm³/mol. The molecule has 0 unspecified atom stereocenters. The molecule has 0 aliphatic carbocycles. The van der Waals surface area contributed by atoms with Crippen LogP contribution >= 0.6 is 11.6 Å². The standard InChI is InChI=1S/C20H20ClNO2/c1-5-10-24-20-17(21)11-16(12-19(20)23-6-2)13-22-18-9-7-8-14(3)15(18)4/h1,7-9,11-13H,6,10H2,2-4H3. The van der Waals surface area contributed by atoms with Crippen LogP contribution in [0.1, 0.15) is 23.6 Å². The first-order chi connectivity index (χ1) is 11.6. The summed E-state index contributed by atoms with van der Waals surface area (Å²) >= 11 is 6.31. The van der Waals surface area contributed by atoms with E-state index in [0.29, 0.717) is 23.1 Å². The minimum Gasteiger partial charge on any atom is -0.490 e. The number of aryl methyl sites for hydroxylation is 1. The van der Waals surface area contributed by atoms with Gasteiger partial charge in [0.15, 0.2) is 11.5 Å². The molecule has 0 saturated heterocycles. The quantitative estimate of drug-likeness (QED) is 0.539. The number of terminal acetylenes is 1. The van der Waals surface area contributed by atoms with Gasteiger partial charge in [-0.05, 0) is 55.7 Å². The number of rotatable bonds is 6. The van der Waals surface area contributed by atoms with Crippen molar-refractivity contribution in [3.05, 3.63) is 52.0 Å². The van der Waals surface area contributed by atoms with Crippen molar-refractivity contribution in [3.63, 3.8) is 0 Å². The number of ether oxygens (including phenoxy) is 2. The molecule has 2 aromatic rings. The molecule has 0 atom stereocenters. The normalized spacial score (nSPS) is 10.6. The lowest BCUT2D eigenvalue weighted by molar-refractivity contribution is 0.299. The lowest BCUT2D eigenvalue weighted by Crippen LogP contribution is -2.01. The van der Waals surface area contributed by atoms with E-state index in [4.69, 9.17) is 27.5 Å². The van der Waals surface area contributed by atoms with E-state index in [1.165, 1.54) is 5.56 Å². The minimum atomic E-state index is 0.135. The van der Waals surface area contributed by atoms with Gasteiger partial charge in [0.25, 0.3) is 0 Å². The molecule has 2 rings (SSSR count). The molecule has 0 aliphatic rings. The van der Waals surface area contributed by atoms with E-state index < -0.39 is 0 Å². The molecule has 0 radical (unpaired) electrons. The Balaban J connectivity index is 2.35. The second-order valence-electron chi connectivity index (χ2n) is 5.23. The maximum absolute atomic E-state index is 6.31. The first-order valence-corrected chi connectivity index (χ1v) is 8.07. The van der Waals surface area contributed by atoms with E-state index in [1.54, 1.807) is 12.3 Å². The zero-order valence-corrected chi connectivity index (χ0v) is 14.9. The van der Waals surface area contributed by atoms with Gasteiger partial charge in [-0.25, -0.2) is 0 Å². The van der Waals surface area contributed by atoms with Gasteiger partial charge in [0.1, 0.15) is 6.61 Å². The number of benzene rings is 2. The summed E-state index contributed by atoms with van der Waals surface area (Å²) in [6.45, 7) is 6.65. The first-order valence-electron chi connectivity index (χ1n) is 7.69. The van der Waals surface area contributed by atoms with E-state index >= 15 is 0 Å². The van der Waals surface area contributed by atoms with Crippen molar-refractivity contribution >= 4 is 23.5 Å². The highest BCUT2D eigenvalue weighted by molar-refractivity contribution is 6.32. The van der Waals surface area contributed by atoms with E-state index in [0.717, 1.165) is 16.8 Å². The number of halogens is 1. The molecule has 0 aromatic heterocycles. The summed E-state index contributed by atoms with van der Waals surface area (Å²) in [4.78, 5) is 4.56. The Kier molecular flexibility index (Phi) is 6.28. The SMILES string of the molecule is C#CCOc1c(Cl)cc(C=Nc2cccc(C)c2C)cc1OCC. The summed E-state index contributed by atoms with van der Waals surface area (Å²) in [5, 5.41) is 0.443. The van der Waals surface area contributed by atoms with Gasteiger partial charge >= 0.3 is 0 Å². The molecule has 0 amide bonds. The molecule has 0 fully saturated rings. The van der Waals surface area contributed by atoms with E-state index in [2.05, 4.69) is 30.8 Å². The molecule has 0 saturated carbocycles. The van der Waals surface area contributed by atoms with Gasteiger partial charge in [-0.2, -0.15) is 0 Å². The van der Waals surface area contributed by atoms with E-state index in [1.807, 2.05) is 25.1 Å². The summed E-state index contributed by atoms with van der Waals surface area (Å²) in [6.07, 6.45) is 7.00. The lowest BCUT2D eigenvalue weighted by atomic mass is 10.1. The highest BCUT2D eigenvalue weighted by atomic mass is 35.5. The molecule has 124 valence electrons. The van der Waals surface area contributed by atoms with Gasteiger partial charge in [0.05, 0.1) is 17.3 Å². The second kappa shape index (κ2) is 8.42. The van der Waals surface area contributed by atoms with Crippen LogP contribution in [-0.4, -0.2) is 19.4 Å². The zero-order valence-electron chi connectivity index (χ0n) is 14.1. The highest BCUT2D eigenvalue weighted by Gasteiger charge is 2.12. The Bertz CT molecular complexity index is 791. The summed E-state index contributed by atoms with van der Waals surface area (Å²) in [6, 6.07) is 9.66. The van der Waals surface area contributed by atoms with Crippen LogP contribution < -0.4 is 9.47 Å². The van der Waals surface area contributed by atoms with Crippen LogP contribution in [0.25, 0.3) is 0 Å². The van der Waals surface area contributed by atoms with E-state index in [9.17, 15) is 0 Å². The molecule has 0 bridgehead atoms. The maximum Gasteiger partial charge on any atom is 0.181 e. The summed E-state index contributed by atoms with van der Waals surface area (Å²) in [5.41, 5.74) is 4.11. The number of hydrogen-bond donors (Lipinski definition) is 0. The topological polar surface area (TPSA) is 30.8 Å². The Morgan fingerprint density at radius 2 is 2.04 bits per heavy atom. The van der Waals surface area contributed by atoms with Crippen molar-refractivity contribution in [1.29, 1.82) is 0 Å². The van der Waals surface area contributed by atoms with Gasteiger partial charge in [-0.1, -0.05) is 29.7 Å². The van der Waals surface area contributed by atoms with Crippen LogP contribution in [0.5, 0.6) is 11.5 Å². The third kappa shape index (κ3) is 4.31. The fourth-order valence-corrected chi connectivity index (χ4v) is 2.47. The van der Waals surface area contributed by atoms with Crippen LogP contribution in [0.4, 0.5) is 5.69 Å². The largest absolute Gasteiger partial charge is 0.490 e. The monoisotopic (exact) mass is 341 g/mol. The van der Waals surface area contributed by atoms with Crippen molar-refractivity contribution < 1.29 is 9.47 Å². The summed E-state index contributed by atoms with van der Waals surface area (Å²) < 4.78 is 11.1. The molecular formula is C20H20ClNO2. The Hall–Kier alpha value is -2.44. The molecule has 0 N–H and O–H groups in total. The Morgan fingerprint density at radius 3 is 2.75 bits per heavy atom. The van der Waals surface area contributed by atoms with Crippen LogP contribution in [0, 0.1) is 26.2 Å². The Labute approximate surface area is 148 Å². The van der Waals surface area contributed by atoms with Gasteiger partial charge in [0.2, 0.25) is 0 Å². The molecule has 2 aromatic carbocycles. The predicted octanol–water partition coefficient (Wildman–Crippen LogP) is 5.12. The van der Waals surface area contributed by atoms with Gasteiger partial charge in [0, 0.05) is 6.21 Å². The average molecular weight is 342 g/mol. The molecule has 0 spiro atoms. The van der Waals surface area contributed by atoms with E-state index in [-0.39, 0.29) is 6.61 Å². The fourth-order valence-electron chi connectivity index (χ4n) is 2.20. The van der Waals surface area contributed by atoms with Crippen LogP contribution in [-0.2, 0) is 0 Å². The average Bonchev–Trinajstić information content (AvgIpc) is 2.56. The van der Waals surface area contributed by atoms with Crippen molar-refractivity contribution in [2.45, 2.75) is 20.8 Å². The molecule has 3 nitrogen and oxygen atoms in total. The van der Waals surface area contributed by atoms with Crippen molar-refractivity contribution in [3.8, 4) is 23.8 Å². The van der Waals surface area contributed by atoms with Crippen molar-refractivity contribution in [1.82, 2.24) is 0 Å². The Morgan fingerprint density at radius 1 is 1.25 bits per heavy atom. The smallest absolute Gasteiger partial charge is 0.181 e. The first kappa shape index (κ1) is 17.9. The molecular weight excluding hydrogens is 322 g/mol. The van der Waals surface area contributed by atoms with Crippen molar-refractivity contribution in [2.24, 2.45) is 4.99 Å². The summed E-state index contributed by atoms with van der Waals surface area (Å²) in [5.74, 6) is 3.44. The molecule has 4 heteroatoms. The maximum atomic E-state index is 6.31. The fraction of sp³-hybridized carbons (Fsp3) is 0.250. The number of aliphatic imine (C=N–C) groups is 1. The van der Waals surface area contributed by atoms with Crippen molar-refractivity contribution in [2.75, 3.05) is 13.2 Å². The summed E-state index contributed by atoms with van der Waals surface area (Å²) in [7, 11) is 0. The third-order valence-electron chi connectivity index (χ3n) is 3.56. The molecule has 0 heterocycles. The number of hydrogen-bond acceptors (Lipinski definition) is 3. The molecule has 0 aliphatic heterocycles. The lowest BCUT2D eigenvalue weighted by Gasteiger charge is -2.13. The third-order valence-corrected chi connectivity index (χ3v) is 3.84. The van der Waals surface area contributed by atoms with Crippen LogP contribution in [0.15, 0.2) is 35.3 Å². The van der Waals surface area contributed by atoms with Crippen LogP contribution in [0.3, 0.4) is 0 Å². The zero-order chi connectivity index (χ0) is 17.5. The minimum absolute atomic E-state index is 0.135. The van der Waals surface area contributed by atoms with Gasteiger partial charge in [-0.15, -0.1) is 6.42 Å². The highest BCUT2D eigenvalue weighted by Crippen LogP contribution is 2.36. The number of nitrogens with zero attached hydrogens (tertiary/aromatic N) is 1.